The van der Waals surface area contributed by atoms with Gasteiger partial charge in [-0.2, -0.15) is 0 Å². The molecule has 0 bridgehead atoms. The molecular formula is C19H18ClN3O2S. The van der Waals surface area contributed by atoms with E-state index in [4.69, 9.17) is 16.0 Å². The number of hydrogen-bond acceptors (Lipinski definition) is 5. The first-order valence-corrected chi connectivity index (χ1v) is 9.84. The highest BCUT2D eigenvalue weighted by atomic mass is 35.5. The summed E-state index contributed by atoms with van der Waals surface area (Å²) in [6, 6.07) is 11.3. The number of likely N-dealkylation sites (tertiary alicyclic amines) is 1. The molecule has 0 aliphatic carbocycles. The maximum absolute atomic E-state index is 12.6. The van der Waals surface area contributed by atoms with Crippen LogP contribution in [0.3, 0.4) is 0 Å². The summed E-state index contributed by atoms with van der Waals surface area (Å²) in [7, 11) is 0. The van der Waals surface area contributed by atoms with Gasteiger partial charge in [-0.25, -0.2) is 0 Å². The van der Waals surface area contributed by atoms with Gasteiger partial charge in [0.05, 0.1) is 17.2 Å². The Morgan fingerprint density at radius 3 is 2.88 bits per heavy atom. The summed E-state index contributed by atoms with van der Waals surface area (Å²) in [5.41, 5.74) is 0.972. The molecule has 1 amide bonds. The number of halogens is 1. The minimum Gasteiger partial charge on any atom is -0.420 e. The molecule has 1 aliphatic rings. The molecule has 1 aromatic carbocycles. The third kappa shape index (κ3) is 3.81. The first kappa shape index (κ1) is 17.2. The Labute approximate surface area is 160 Å². The Bertz CT molecular complexity index is 877. The fourth-order valence-corrected chi connectivity index (χ4v) is 3.96. The van der Waals surface area contributed by atoms with Crippen molar-refractivity contribution in [3.8, 4) is 10.8 Å². The van der Waals surface area contributed by atoms with Gasteiger partial charge in [0.25, 0.3) is 5.89 Å². The van der Waals surface area contributed by atoms with Crippen molar-refractivity contribution >= 4 is 28.8 Å². The highest BCUT2D eigenvalue weighted by Gasteiger charge is 2.28. The first-order valence-electron chi connectivity index (χ1n) is 8.58. The summed E-state index contributed by atoms with van der Waals surface area (Å²) >= 11 is 7.48. The summed E-state index contributed by atoms with van der Waals surface area (Å²) in [5, 5.41) is 11.0. The Morgan fingerprint density at radius 2 is 2.12 bits per heavy atom. The summed E-state index contributed by atoms with van der Waals surface area (Å²) in [6.45, 7) is 1.40. The summed E-state index contributed by atoms with van der Waals surface area (Å²) in [5.74, 6) is 1.39. The number of carbonyl (C=O) groups is 1. The Kier molecular flexibility index (Phi) is 5.04. The predicted octanol–water partition coefficient (Wildman–Crippen LogP) is 4.40. The van der Waals surface area contributed by atoms with Crippen LogP contribution in [-0.2, 0) is 11.2 Å². The number of nitrogens with zero attached hydrogens (tertiary/aromatic N) is 3. The van der Waals surface area contributed by atoms with Crippen LogP contribution in [-0.4, -0.2) is 34.1 Å². The van der Waals surface area contributed by atoms with Gasteiger partial charge in [0.2, 0.25) is 11.8 Å². The van der Waals surface area contributed by atoms with Crippen molar-refractivity contribution in [2.75, 3.05) is 13.1 Å². The molecule has 0 radical (unpaired) electrons. The Morgan fingerprint density at radius 1 is 1.27 bits per heavy atom. The third-order valence-electron chi connectivity index (χ3n) is 4.56. The van der Waals surface area contributed by atoms with E-state index in [2.05, 4.69) is 10.2 Å². The third-order valence-corrected chi connectivity index (χ3v) is 5.67. The minimum absolute atomic E-state index is 0.0964. The van der Waals surface area contributed by atoms with E-state index in [9.17, 15) is 4.79 Å². The molecular weight excluding hydrogens is 370 g/mol. The molecule has 26 heavy (non-hydrogen) atoms. The molecule has 5 nitrogen and oxygen atoms in total. The maximum Gasteiger partial charge on any atom is 0.257 e. The number of aromatic nitrogens is 2. The topological polar surface area (TPSA) is 59.2 Å². The summed E-state index contributed by atoms with van der Waals surface area (Å²) < 4.78 is 5.86. The zero-order valence-electron chi connectivity index (χ0n) is 14.1. The number of piperidine rings is 1. The van der Waals surface area contributed by atoms with Crippen LogP contribution in [0.15, 0.2) is 46.2 Å². The molecule has 1 saturated heterocycles. The molecule has 0 unspecified atom stereocenters. The number of carbonyl (C=O) groups excluding carboxylic acids is 1. The van der Waals surface area contributed by atoms with Crippen molar-refractivity contribution in [1.29, 1.82) is 0 Å². The normalized spacial score (nSPS) is 17.4. The van der Waals surface area contributed by atoms with Crippen molar-refractivity contribution in [1.82, 2.24) is 15.1 Å². The van der Waals surface area contributed by atoms with Crippen molar-refractivity contribution in [3.05, 3.63) is 58.3 Å². The van der Waals surface area contributed by atoms with E-state index >= 15 is 0 Å². The Balaban J connectivity index is 1.42. The Hall–Kier alpha value is -2.18. The van der Waals surface area contributed by atoms with Gasteiger partial charge < -0.3 is 9.32 Å². The standard InChI is InChI=1S/C19H18ClN3O2S/c20-15-7-5-13(6-8-15)11-17(24)23-9-1-3-14(12-23)18-21-22-19(25-18)16-4-2-10-26-16/h2,4-8,10,14H,1,3,9,11-12H2/t14-/m1/s1. The monoisotopic (exact) mass is 387 g/mol. The minimum atomic E-state index is 0.0964. The van der Waals surface area contributed by atoms with Gasteiger partial charge in [0.1, 0.15) is 0 Å². The molecule has 4 rings (SSSR count). The van der Waals surface area contributed by atoms with E-state index in [0.29, 0.717) is 29.8 Å². The molecule has 7 heteroatoms. The van der Waals surface area contributed by atoms with Crippen molar-refractivity contribution < 1.29 is 9.21 Å². The highest BCUT2D eigenvalue weighted by molar-refractivity contribution is 7.13. The summed E-state index contributed by atoms with van der Waals surface area (Å²) in [6.07, 6.45) is 2.28. The summed E-state index contributed by atoms with van der Waals surface area (Å²) in [4.78, 5) is 15.5. The SMILES string of the molecule is O=C(Cc1ccc(Cl)cc1)N1CCC[C@@H](c2nnc(-c3cccs3)o2)C1. The van der Waals surface area contributed by atoms with E-state index in [0.717, 1.165) is 29.8 Å². The van der Waals surface area contributed by atoms with Crippen LogP contribution in [0.1, 0.15) is 30.2 Å². The molecule has 3 heterocycles. The maximum atomic E-state index is 12.6. The van der Waals surface area contributed by atoms with E-state index in [1.165, 1.54) is 0 Å². The van der Waals surface area contributed by atoms with Gasteiger partial charge in [-0.15, -0.1) is 21.5 Å². The lowest BCUT2D eigenvalue weighted by Crippen LogP contribution is -2.40. The largest absolute Gasteiger partial charge is 0.420 e. The van der Waals surface area contributed by atoms with Crippen LogP contribution in [0.25, 0.3) is 10.8 Å². The van der Waals surface area contributed by atoms with Crippen LogP contribution < -0.4 is 0 Å². The second-order valence-corrected chi connectivity index (χ2v) is 7.79. The van der Waals surface area contributed by atoms with Crippen LogP contribution >= 0.6 is 22.9 Å². The highest BCUT2D eigenvalue weighted by Crippen LogP contribution is 2.30. The van der Waals surface area contributed by atoms with Gasteiger partial charge in [0.15, 0.2) is 0 Å². The molecule has 1 atom stereocenters. The smallest absolute Gasteiger partial charge is 0.257 e. The molecule has 1 aliphatic heterocycles. The lowest BCUT2D eigenvalue weighted by atomic mass is 9.97. The second kappa shape index (κ2) is 7.60. The molecule has 0 spiro atoms. The van der Waals surface area contributed by atoms with E-state index in [1.54, 1.807) is 11.3 Å². The van der Waals surface area contributed by atoms with Crippen molar-refractivity contribution in [2.45, 2.75) is 25.2 Å². The van der Waals surface area contributed by atoms with Crippen LogP contribution in [0.2, 0.25) is 5.02 Å². The quantitative estimate of drug-likeness (QED) is 0.665. The molecule has 134 valence electrons. The van der Waals surface area contributed by atoms with Crippen LogP contribution in [0.4, 0.5) is 0 Å². The van der Waals surface area contributed by atoms with Gasteiger partial charge in [-0.05, 0) is 42.0 Å². The zero-order valence-corrected chi connectivity index (χ0v) is 15.7. The van der Waals surface area contributed by atoms with Crippen molar-refractivity contribution in [3.63, 3.8) is 0 Å². The molecule has 1 fully saturated rings. The fraction of sp³-hybridized carbons (Fsp3) is 0.316. The van der Waals surface area contributed by atoms with E-state index < -0.39 is 0 Å². The number of benzene rings is 1. The first-order chi connectivity index (χ1) is 12.7. The van der Waals surface area contributed by atoms with Gasteiger partial charge in [-0.1, -0.05) is 29.8 Å². The average molecular weight is 388 g/mol. The molecule has 0 N–H and O–H groups in total. The fourth-order valence-electron chi connectivity index (χ4n) is 3.19. The van der Waals surface area contributed by atoms with Gasteiger partial charge in [-0.3, -0.25) is 4.79 Å². The van der Waals surface area contributed by atoms with Crippen molar-refractivity contribution in [2.24, 2.45) is 0 Å². The molecule has 2 aromatic heterocycles. The number of rotatable bonds is 4. The number of amides is 1. The second-order valence-electron chi connectivity index (χ2n) is 6.40. The van der Waals surface area contributed by atoms with Gasteiger partial charge in [0, 0.05) is 18.1 Å². The van der Waals surface area contributed by atoms with E-state index in [-0.39, 0.29) is 11.8 Å². The number of thiophene rings is 1. The zero-order chi connectivity index (χ0) is 17.9. The van der Waals surface area contributed by atoms with E-state index in [1.807, 2.05) is 46.7 Å². The lowest BCUT2D eigenvalue weighted by Gasteiger charge is -2.31. The molecule has 3 aromatic rings. The lowest BCUT2D eigenvalue weighted by molar-refractivity contribution is -0.131. The van der Waals surface area contributed by atoms with Crippen LogP contribution in [0.5, 0.6) is 0 Å². The predicted molar refractivity (Wildman–Crippen MR) is 101 cm³/mol. The van der Waals surface area contributed by atoms with Gasteiger partial charge >= 0.3 is 0 Å². The average Bonchev–Trinajstić information content (AvgIpc) is 3.35. The molecule has 0 saturated carbocycles. The van der Waals surface area contributed by atoms with Crippen LogP contribution in [0, 0.1) is 0 Å². The number of hydrogen-bond donors (Lipinski definition) is 0.